The Morgan fingerprint density at radius 3 is 2.75 bits per heavy atom. The van der Waals surface area contributed by atoms with Gasteiger partial charge in [-0.1, -0.05) is 11.6 Å². The van der Waals surface area contributed by atoms with Crippen molar-refractivity contribution < 1.29 is 19.7 Å². The van der Waals surface area contributed by atoms with E-state index in [1.54, 1.807) is 6.07 Å². The van der Waals surface area contributed by atoms with Gasteiger partial charge in [0.05, 0.1) is 13.2 Å². The molecular weight excluding hydrogens is 208 g/mol. The highest BCUT2D eigenvalue weighted by Gasteiger charge is 2.14. The van der Waals surface area contributed by atoms with Crippen LogP contribution in [0.5, 0.6) is 5.75 Å². The predicted molar refractivity (Wildman–Crippen MR) is 59.6 cm³/mol. The van der Waals surface area contributed by atoms with Gasteiger partial charge in [0.2, 0.25) is 0 Å². The van der Waals surface area contributed by atoms with Gasteiger partial charge in [0.1, 0.15) is 5.75 Å². The summed E-state index contributed by atoms with van der Waals surface area (Å²) in [5.74, 6) is -0.325. The van der Waals surface area contributed by atoms with Gasteiger partial charge in [-0.3, -0.25) is 4.79 Å². The fraction of sp³-hybridized carbons (Fsp3) is 0.417. The number of carboxylic acid groups (broad SMARTS) is 1. The molecule has 0 aromatic heterocycles. The van der Waals surface area contributed by atoms with Crippen LogP contribution in [-0.2, 0) is 4.79 Å². The molecule has 1 atom stereocenters. The molecule has 0 aliphatic carbocycles. The first-order valence-electron chi connectivity index (χ1n) is 5.09. The van der Waals surface area contributed by atoms with Crippen molar-refractivity contribution in [3.63, 3.8) is 0 Å². The summed E-state index contributed by atoms with van der Waals surface area (Å²) in [6.45, 7) is 1.91. The van der Waals surface area contributed by atoms with Crippen molar-refractivity contribution in [3.8, 4) is 5.75 Å². The van der Waals surface area contributed by atoms with Crippen LogP contribution in [0.1, 0.15) is 30.1 Å². The second-order valence-electron chi connectivity index (χ2n) is 3.69. The molecule has 0 saturated carbocycles. The van der Waals surface area contributed by atoms with Crippen LogP contribution in [0, 0.1) is 6.92 Å². The van der Waals surface area contributed by atoms with Crippen molar-refractivity contribution in [2.24, 2.45) is 0 Å². The average Bonchev–Trinajstić information content (AvgIpc) is 2.25. The summed E-state index contributed by atoms with van der Waals surface area (Å²) in [6, 6.07) is 5.46. The van der Waals surface area contributed by atoms with Crippen molar-refractivity contribution in [1.82, 2.24) is 0 Å². The van der Waals surface area contributed by atoms with E-state index >= 15 is 0 Å². The lowest BCUT2D eigenvalue weighted by atomic mass is 10.0. The number of aliphatic hydroxyl groups excluding tert-OH is 1. The van der Waals surface area contributed by atoms with E-state index in [9.17, 15) is 9.90 Å². The molecule has 1 rings (SSSR count). The summed E-state index contributed by atoms with van der Waals surface area (Å²) in [5, 5.41) is 18.4. The maximum Gasteiger partial charge on any atom is 0.303 e. The van der Waals surface area contributed by atoms with Crippen LogP contribution >= 0.6 is 0 Å². The molecule has 0 aliphatic heterocycles. The van der Waals surface area contributed by atoms with E-state index in [0.717, 1.165) is 5.56 Å². The largest absolute Gasteiger partial charge is 0.496 e. The second kappa shape index (κ2) is 5.51. The minimum absolute atomic E-state index is 0.0573. The Morgan fingerprint density at radius 2 is 2.19 bits per heavy atom. The number of hydrogen-bond acceptors (Lipinski definition) is 3. The third-order valence-corrected chi connectivity index (χ3v) is 2.38. The van der Waals surface area contributed by atoms with Gasteiger partial charge in [0.25, 0.3) is 0 Å². The molecule has 88 valence electrons. The lowest BCUT2D eigenvalue weighted by Crippen LogP contribution is -2.04. The van der Waals surface area contributed by atoms with Gasteiger partial charge in [-0.05, 0) is 25.5 Å². The molecule has 0 heterocycles. The van der Waals surface area contributed by atoms with Crippen LogP contribution in [0.15, 0.2) is 18.2 Å². The molecule has 2 N–H and O–H groups in total. The minimum atomic E-state index is -0.911. The van der Waals surface area contributed by atoms with Crippen molar-refractivity contribution in [1.29, 1.82) is 0 Å². The molecule has 1 aromatic rings. The summed E-state index contributed by atoms with van der Waals surface area (Å²) in [5.41, 5.74) is 1.65. The SMILES string of the molecule is COc1ccc(C)cc1[C@H](O)CCC(=O)O. The Balaban J connectivity index is 2.84. The van der Waals surface area contributed by atoms with Crippen molar-refractivity contribution in [2.45, 2.75) is 25.9 Å². The van der Waals surface area contributed by atoms with Crippen LogP contribution in [0.3, 0.4) is 0 Å². The Kier molecular flexibility index (Phi) is 4.31. The number of aliphatic hydroxyl groups is 1. The Bertz CT molecular complexity index is 373. The third kappa shape index (κ3) is 3.24. The van der Waals surface area contributed by atoms with Crippen LogP contribution < -0.4 is 4.74 Å². The van der Waals surface area contributed by atoms with Gasteiger partial charge >= 0.3 is 5.97 Å². The first kappa shape index (κ1) is 12.5. The van der Waals surface area contributed by atoms with E-state index in [0.29, 0.717) is 11.3 Å². The zero-order valence-electron chi connectivity index (χ0n) is 9.43. The summed E-state index contributed by atoms with van der Waals surface area (Å²) >= 11 is 0. The summed E-state index contributed by atoms with van der Waals surface area (Å²) in [4.78, 5) is 10.4. The summed E-state index contributed by atoms with van der Waals surface area (Å²) < 4.78 is 5.12. The molecule has 1 aromatic carbocycles. The van der Waals surface area contributed by atoms with E-state index in [1.165, 1.54) is 7.11 Å². The van der Waals surface area contributed by atoms with Crippen LogP contribution in [0.4, 0.5) is 0 Å². The molecule has 0 spiro atoms. The van der Waals surface area contributed by atoms with Crippen LogP contribution in [0.2, 0.25) is 0 Å². The van der Waals surface area contributed by atoms with E-state index in [-0.39, 0.29) is 12.8 Å². The zero-order valence-corrected chi connectivity index (χ0v) is 9.43. The predicted octanol–water partition coefficient (Wildman–Crippen LogP) is 1.90. The van der Waals surface area contributed by atoms with Crippen molar-refractivity contribution in [3.05, 3.63) is 29.3 Å². The minimum Gasteiger partial charge on any atom is -0.496 e. The van der Waals surface area contributed by atoms with E-state index in [4.69, 9.17) is 9.84 Å². The molecule has 0 bridgehead atoms. The molecular formula is C12H16O4. The van der Waals surface area contributed by atoms with Crippen LogP contribution in [0.25, 0.3) is 0 Å². The maximum atomic E-state index is 10.4. The lowest BCUT2D eigenvalue weighted by Gasteiger charge is -2.14. The monoisotopic (exact) mass is 224 g/mol. The first-order chi connectivity index (χ1) is 7.54. The van der Waals surface area contributed by atoms with Crippen molar-refractivity contribution >= 4 is 5.97 Å². The number of rotatable bonds is 5. The molecule has 0 aliphatic rings. The highest BCUT2D eigenvalue weighted by Crippen LogP contribution is 2.28. The van der Waals surface area contributed by atoms with Crippen molar-refractivity contribution in [2.75, 3.05) is 7.11 Å². The second-order valence-corrected chi connectivity index (χ2v) is 3.69. The number of carboxylic acids is 1. The molecule has 4 heteroatoms. The number of aliphatic carboxylic acids is 1. The van der Waals surface area contributed by atoms with E-state index < -0.39 is 12.1 Å². The fourth-order valence-corrected chi connectivity index (χ4v) is 1.53. The van der Waals surface area contributed by atoms with Gasteiger partial charge in [0.15, 0.2) is 0 Å². The number of hydrogen-bond donors (Lipinski definition) is 2. The number of carbonyl (C=O) groups is 1. The van der Waals surface area contributed by atoms with E-state index in [2.05, 4.69) is 0 Å². The summed E-state index contributed by atoms with van der Waals surface area (Å²) in [7, 11) is 1.53. The first-order valence-corrected chi connectivity index (χ1v) is 5.09. The highest BCUT2D eigenvalue weighted by molar-refractivity contribution is 5.66. The zero-order chi connectivity index (χ0) is 12.1. The van der Waals surface area contributed by atoms with Gasteiger partial charge in [-0.25, -0.2) is 0 Å². The van der Waals surface area contributed by atoms with Gasteiger partial charge in [-0.2, -0.15) is 0 Å². The normalized spacial score (nSPS) is 12.2. The van der Waals surface area contributed by atoms with E-state index in [1.807, 2.05) is 19.1 Å². The molecule has 4 nitrogen and oxygen atoms in total. The standard InChI is InChI=1S/C12H16O4/c1-8-3-5-11(16-2)9(7-8)10(13)4-6-12(14)15/h3,5,7,10,13H,4,6H2,1-2H3,(H,14,15)/t10-/m1/s1. The Labute approximate surface area is 94.5 Å². The maximum absolute atomic E-state index is 10.4. The summed E-state index contributed by atoms with van der Waals surface area (Å²) in [6.07, 6.45) is -0.668. The number of benzene rings is 1. The van der Waals surface area contributed by atoms with Gasteiger partial charge in [-0.15, -0.1) is 0 Å². The molecule has 0 amide bonds. The molecule has 0 fully saturated rings. The van der Waals surface area contributed by atoms with Crippen LogP contribution in [-0.4, -0.2) is 23.3 Å². The number of methoxy groups -OCH3 is 1. The third-order valence-electron chi connectivity index (χ3n) is 2.38. The Morgan fingerprint density at radius 1 is 1.50 bits per heavy atom. The molecule has 0 unspecified atom stereocenters. The molecule has 16 heavy (non-hydrogen) atoms. The smallest absolute Gasteiger partial charge is 0.303 e. The quantitative estimate of drug-likeness (QED) is 0.801. The fourth-order valence-electron chi connectivity index (χ4n) is 1.53. The topological polar surface area (TPSA) is 66.8 Å². The van der Waals surface area contributed by atoms with Gasteiger partial charge < -0.3 is 14.9 Å². The highest BCUT2D eigenvalue weighted by atomic mass is 16.5. The molecule has 0 saturated heterocycles. The Hall–Kier alpha value is -1.55. The molecule has 0 radical (unpaired) electrons. The van der Waals surface area contributed by atoms with Gasteiger partial charge in [0, 0.05) is 12.0 Å². The number of ether oxygens (including phenoxy) is 1. The average molecular weight is 224 g/mol. The lowest BCUT2D eigenvalue weighted by molar-refractivity contribution is -0.137. The number of aryl methyl sites for hydroxylation is 1.